The van der Waals surface area contributed by atoms with E-state index in [0.717, 1.165) is 0 Å². The van der Waals surface area contributed by atoms with Crippen LogP contribution in [0.4, 0.5) is 5.69 Å². The van der Waals surface area contributed by atoms with Gasteiger partial charge in [-0.2, -0.15) is 0 Å². The van der Waals surface area contributed by atoms with Gasteiger partial charge >= 0.3 is 0 Å². The van der Waals surface area contributed by atoms with E-state index in [0.29, 0.717) is 43.6 Å². The summed E-state index contributed by atoms with van der Waals surface area (Å²) in [6, 6.07) is 6.76. The molecule has 8 heteroatoms. The minimum atomic E-state index is -3.14. The highest BCUT2D eigenvalue weighted by Gasteiger charge is 2.28. The standard InChI is InChI=1S/C15H23N3O3S.ClH/c1-2-11-22(20,21)18-9-7-14(8-10-18)17-15(19)12-3-5-13(16)6-4-12;/h3-6,14H,2,7-11,16H2,1H3,(H,17,19);1H. The average Bonchev–Trinajstić information content (AvgIpc) is 2.48. The van der Waals surface area contributed by atoms with Gasteiger partial charge < -0.3 is 11.1 Å². The smallest absolute Gasteiger partial charge is 0.251 e. The molecule has 0 atom stereocenters. The van der Waals surface area contributed by atoms with Gasteiger partial charge in [-0.25, -0.2) is 12.7 Å². The van der Waals surface area contributed by atoms with Crippen LogP contribution in [0.2, 0.25) is 0 Å². The molecular weight excluding hydrogens is 338 g/mol. The predicted octanol–water partition coefficient (Wildman–Crippen LogP) is 1.62. The number of sulfonamides is 1. The van der Waals surface area contributed by atoms with E-state index in [1.165, 1.54) is 4.31 Å². The summed E-state index contributed by atoms with van der Waals surface area (Å²) in [5.41, 5.74) is 6.78. The van der Waals surface area contributed by atoms with Gasteiger partial charge in [-0.15, -0.1) is 12.4 Å². The third-order valence-electron chi connectivity index (χ3n) is 3.82. The number of anilines is 1. The number of nitrogen functional groups attached to an aromatic ring is 1. The number of carbonyl (C=O) groups excluding carboxylic acids is 1. The van der Waals surface area contributed by atoms with Crippen molar-refractivity contribution in [2.24, 2.45) is 0 Å². The van der Waals surface area contributed by atoms with Crippen LogP contribution >= 0.6 is 12.4 Å². The number of hydrogen-bond donors (Lipinski definition) is 2. The van der Waals surface area contributed by atoms with Crippen molar-refractivity contribution in [1.82, 2.24) is 9.62 Å². The van der Waals surface area contributed by atoms with E-state index in [1.807, 2.05) is 6.92 Å². The molecule has 0 radical (unpaired) electrons. The maximum Gasteiger partial charge on any atom is 0.251 e. The number of rotatable bonds is 5. The topological polar surface area (TPSA) is 92.5 Å². The molecular formula is C15H24ClN3O3S. The number of nitrogens with one attached hydrogen (secondary N) is 1. The Morgan fingerprint density at radius 1 is 1.26 bits per heavy atom. The van der Waals surface area contributed by atoms with Crippen LogP contribution in [0.1, 0.15) is 36.5 Å². The van der Waals surface area contributed by atoms with Crippen LogP contribution < -0.4 is 11.1 Å². The zero-order valence-electron chi connectivity index (χ0n) is 13.2. The molecule has 0 unspecified atom stereocenters. The zero-order chi connectivity index (χ0) is 16.2. The van der Waals surface area contributed by atoms with E-state index >= 15 is 0 Å². The summed E-state index contributed by atoms with van der Waals surface area (Å²) in [6.45, 7) is 2.79. The van der Waals surface area contributed by atoms with E-state index in [-0.39, 0.29) is 30.1 Å². The van der Waals surface area contributed by atoms with Gasteiger partial charge in [-0.3, -0.25) is 4.79 Å². The molecule has 0 saturated carbocycles. The van der Waals surface area contributed by atoms with Gasteiger partial charge in [0, 0.05) is 30.4 Å². The number of amides is 1. The molecule has 0 aromatic heterocycles. The predicted molar refractivity (Wildman–Crippen MR) is 94.2 cm³/mol. The molecule has 0 aliphatic carbocycles. The van der Waals surface area contributed by atoms with Crippen LogP contribution in [0.25, 0.3) is 0 Å². The molecule has 1 aromatic carbocycles. The second-order valence-electron chi connectivity index (χ2n) is 5.58. The number of carbonyl (C=O) groups is 1. The Balaban J connectivity index is 0.00000264. The lowest BCUT2D eigenvalue weighted by Crippen LogP contribution is -2.47. The number of benzene rings is 1. The Labute approximate surface area is 143 Å². The minimum absolute atomic E-state index is 0. The molecule has 0 spiro atoms. The molecule has 1 aliphatic rings. The quantitative estimate of drug-likeness (QED) is 0.779. The van der Waals surface area contributed by atoms with E-state index in [9.17, 15) is 13.2 Å². The maximum atomic E-state index is 12.1. The Hall–Kier alpha value is -1.31. The molecule has 1 heterocycles. The summed E-state index contributed by atoms with van der Waals surface area (Å²) < 4.78 is 25.5. The number of nitrogens with two attached hydrogens (primary N) is 1. The van der Waals surface area contributed by atoms with E-state index in [4.69, 9.17) is 5.73 Å². The molecule has 2 rings (SSSR count). The second kappa shape index (κ2) is 8.52. The lowest BCUT2D eigenvalue weighted by molar-refractivity contribution is 0.0924. The summed E-state index contributed by atoms with van der Waals surface area (Å²) in [4.78, 5) is 12.1. The monoisotopic (exact) mass is 361 g/mol. The van der Waals surface area contributed by atoms with Crippen molar-refractivity contribution < 1.29 is 13.2 Å². The highest BCUT2D eigenvalue weighted by Crippen LogP contribution is 2.16. The van der Waals surface area contributed by atoms with E-state index < -0.39 is 10.0 Å². The van der Waals surface area contributed by atoms with Gasteiger partial charge in [0.25, 0.3) is 5.91 Å². The average molecular weight is 362 g/mol. The third kappa shape index (κ3) is 5.37. The van der Waals surface area contributed by atoms with Crippen molar-refractivity contribution in [3.63, 3.8) is 0 Å². The first-order chi connectivity index (χ1) is 10.4. The summed E-state index contributed by atoms with van der Waals surface area (Å²) in [6.07, 6.45) is 1.91. The lowest BCUT2D eigenvalue weighted by Gasteiger charge is -2.31. The third-order valence-corrected chi connectivity index (χ3v) is 5.89. The zero-order valence-corrected chi connectivity index (χ0v) is 14.8. The fourth-order valence-corrected chi connectivity index (χ4v) is 4.11. The van der Waals surface area contributed by atoms with Crippen molar-refractivity contribution in [3.8, 4) is 0 Å². The Morgan fingerprint density at radius 3 is 2.35 bits per heavy atom. The van der Waals surface area contributed by atoms with Gasteiger partial charge in [0.15, 0.2) is 0 Å². The molecule has 0 bridgehead atoms. The van der Waals surface area contributed by atoms with Crippen LogP contribution in [0, 0.1) is 0 Å². The van der Waals surface area contributed by atoms with Gasteiger partial charge in [-0.1, -0.05) is 6.92 Å². The van der Waals surface area contributed by atoms with Crippen molar-refractivity contribution in [1.29, 1.82) is 0 Å². The van der Waals surface area contributed by atoms with Gasteiger partial charge in [0.2, 0.25) is 10.0 Å². The number of piperidine rings is 1. The largest absolute Gasteiger partial charge is 0.399 e. The van der Waals surface area contributed by atoms with Crippen molar-refractivity contribution in [3.05, 3.63) is 29.8 Å². The van der Waals surface area contributed by atoms with Crippen LogP contribution in [0.3, 0.4) is 0 Å². The Morgan fingerprint density at radius 2 is 1.83 bits per heavy atom. The normalized spacial score (nSPS) is 16.6. The molecule has 1 amide bonds. The maximum absolute atomic E-state index is 12.1. The van der Waals surface area contributed by atoms with Gasteiger partial charge in [0.05, 0.1) is 5.75 Å². The van der Waals surface area contributed by atoms with E-state index in [1.54, 1.807) is 24.3 Å². The molecule has 3 N–H and O–H groups in total. The summed E-state index contributed by atoms with van der Waals surface area (Å²) in [5, 5.41) is 2.96. The molecule has 1 aliphatic heterocycles. The van der Waals surface area contributed by atoms with Gasteiger partial charge in [-0.05, 0) is 43.5 Å². The molecule has 6 nitrogen and oxygen atoms in total. The molecule has 1 aromatic rings. The number of hydrogen-bond acceptors (Lipinski definition) is 4. The summed E-state index contributed by atoms with van der Waals surface area (Å²) in [5.74, 6) is 0.0463. The lowest BCUT2D eigenvalue weighted by atomic mass is 10.1. The Bertz CT molecular complexity index is 611. The summed E-state index contributed by atoms with van der Waals surface area (Å²) >= 11 is 0. The molecule has 23 heavy (non-hydrogen) atoms. The highest BCUT2D eigenvalue weighted by atomic mass is 35.5. The minimum Gasteiger partial charge on any atom is -0.399 e. The first-order valence-corrected chi connectivity index (χ1v) is 9.17. The molecule has 130 valence electrons. The number of halogens is 1. The van der Waals surface area contributed by atoms with Gasteiger partial charge in [0.1, 0.15) is 0 Å². The van der Waals surface area contributed by atoms with Crippen LogP contribution in [-0.2, 0) is 10.0 Å². The fraction of sp³-hybridized carbons (Fsp3) is 0.533. The van der Waals surface area contributed by atoms with E-state index in [2.05, 4.69) is 5.32 Å². The van der Waals surface area contributed by atoms with Crippen molar-refractivity contribution >= 4 is 34.0 Å². The first-order valence-electron chi connectivity index (χ1n) is 7.56. The summed E-state index contributed by atoms with van der Waals surface area (Å²) in [7, 11) is -3.14. The van der Waals surface area contributed by atoms with Crippen molar-refractivity contribution in [2.75, 3.05) is 24.6 Å². The first kappa shape index (κ1) is 19.7. The van der Waals surface area contributed by atoms with Crippen LogP contribution in [0.15, 0.2) is 24.3 Å². The molecule has 1 saturated heterocycles. The SMILES string of the molecule is CCCS(=O)(=O)N1CCC(NC(=O)c2ccc(N)cc2)CC1.Cl. The van der Waals surface area contributed by atoms with Crippen LogP contribution in [-0.4, -0.2) is 43.5 Å². The Kier molecular flexibility index (Phi) is 7.31. The number of nitrogens with zero attached hydrogens (tertiary/aromatic N) is 1. The second-order valence-corrected chi connectivity index (χ2v) is 7.67. The fourth-order valence-electron chi connectivity index (χ4n) is 2.57. The molecule has 1 fully saturated rings. The van der Waals surface area contributed by atoms with Crippen LogP contribution in [0.5, 0.6) is 0 Å². The van der Waals surface area contributed by atoms with Crippen molar-refractivity contribution in [2.45, 2.75) is 32.2 Å². The highest BCUT2D eigenvalue weighted by molar-refractivity contribution is 7.89.